The summed E-state index contributed by atoms with van der Waals surface area (Å²) in [7, 11) is 0. The molecule has 0 N–H and O–H groups in total. The van der Waals surface area contributed by atoms with E-state index in [0.717, 1.165) is 0 Å². The molecule has 0 radical (unpaired) electrons. The number of nitrogens with zero attached hydrogens (tertiary/aromatic N) is 2. The van der Waals surface area contributed by atoms with Gasteiger partial charge in [-0.05, 0) is 0 Å². The third kappa shape index (κ3) is 5.32. The van der Waals surface area contributed by atoms with Crippen LogP contribution in [-0.4, -0.2) is 35.5 Å². The summed E-state index contributed by atoms with van der Waals surface area (Å²) in [5.41, 5.74) is 0. The molecule has 16 heavy (non-hydrogen) atoms. The summed E-state index contributed by atoms with van der Waals surface area (Å²) >= 11 is 5.44. The first kappa shape index (κ1) is 13.2. The molecule has 92 valence electrons. The lowest BCUT2D eigenvalue weighted by Gasteiger charge is -2.05. The van der Waals surface area contributed by atoms with E-state index >= 15 is 0 Å². The van der Waals surface area contributed by atoms with Crippen molar-refractivity contribution >= 4 is 11.6 Å². The lowest BCUT2D eigenvalue weighted by atomic mass is 10.4. The number of aromatic nitrogens is 2. The van der Waals surface area contributed by atoms with Crippen LogP contribution in [0, 0.1) is 0 Å². The second-order valence-electron chi connectivity index (χ2n) is 2.95. The maximum Gasteiger partial charge on any atom is 0.411 e. The predicted octanol–water partition coefficient (Wildman–Crippen LogP) is 1.97. The molecule has 0 aromatic carbocycles. The van der Waals surface area contributed by atoms with Crippen LogP contribution < -0.4 is 0 Å². The molecule has 0 fully saturated rings. The predicted molar refractivity (Wildman–Crippen MR) is 49.3 cm³/mol. The third-order valence-electron chi connectivity index (χ3n) is 1.54. The van der Waals surface area contributed by atoms with Crippen LogP contribution in [0.3, 0.4) is 0 Å². The highest BCUT2D eigenvalue weighted by molar-refractivity contribution is 6.17. The van der Waals surface area contributed by atoms with Crippen LogP contribution >= 0.6 is 11.6 Å². The molecular weight excluding hydrogens is 249 g/mol. The Labute approximate surface area is 94.7 Å². The fraction of sp³-hybridized carbons (Fsp3) is 0.750. The topological polar surface area (TPSA) is 48.2 Å². The van der Waals surface area contributed by atoms with Crippen LogP contribution in [0.5, 0.6) is 0 Å². The first-order valence-corrected chi connectivity index (χ1v) is 5.06. The molecule has 1 aromatic heterocycles. The number of hydrogen-bond acceptors (Lipinski definition) is 4. The molecule has 0 atom stereocenters. The number of aryl methyl sites for hydroxylation is 1. The number of hydrogen-bond donors (Lipinski definition) is 0. The molecule has 4 nitrogen and oxygen atoms in total. The zero-order valence-corrected chi connectivity index (χ0v) is 9.01. The Morgan fingerprint density at radius 1 is 1.19 bits per heavy atom. The summed E-state index contributed by atoms with van der Waals surface area (Å²) in [4.78, 5) is 0. The van der Waals surface area contributed by atoms with Crippen molar-refractivity contribution in [2.45, 2.75) is 19.0 Å². The van der Waals surface area contributed by atoms with Gasteiger partial charge < -0.3 is 9.15 Å². The Bertz CT molecular complexity index is 316. The van der Waals surface area contributed by atoms with Crippen molar-refractivity contribution in [3.8, 4) is 0 Å². The van der Waals surface area contributed by atoms with Crippen LogP contribution in [-0.2, 0) is 17.6 Å². The van der Waals surface area contributed by atoms with Gasteiger partial charge in [0.25, 0.3) is 0 Å². The van der Waals surface area contributed by atoms with Crippen molar-refractivity contribution in [2.75, 3.05) is 19.1 Å². The molecule has 0 spiro atoms. The van der Waals surface area contributed by atoms with Gasteiger partial charge in [-0.1, -0.05) is 0 Å². The number of ether oxygens (including phenoxy) is 1. The van der Waals surface area contributed by atoms with Crippen molar-refractivity contribution in [3.63, 3.8) is 0 Å². The van der Waals surface area contributed by atoms with Gasteiger partial charge in [0.1, 0.15) is 6.61 Å². The molecular formula is C8H10ClF3N2O2. The third-order valence-corrected chi connectivity index (χ3v) is 1.73. The van der Waals surface area contributed by atoms with E-state index in [0.29, 0.717) is 18.2 Å². The minimum atomic E-state index is -4.31. The standard InChI is InChI=1S/C8H10ClF3N2O2/c9-3-1-6-13-14-7(16-6)2-4-15-5-8(10,11)12/h1-5H2. The monoisotopic (exact) mass is 258 g/mol. The van der Waals surface area contributed by atoms with Gasteiger partial charge in [0.05, 0.1) is 6.61 Å². The van der Waals surface area contributed by atoms with Crippen LogP contribution in [0.25, 0.3) is 0 Å². The highest BCUT2D eigenvalue weighted by atomic mass is 35.5. The summed E-state index contributed by atoms with van der Waals surface area (Å²) in [6.45, 7) is -1.38. The van der Waals surface area contributed by atoms with Crippen molar-refractivity contribution in [2.24, 2.45) is 0 Å². The Hall–Kier alpha value is -0.820. The fourth-order valence-corrected chi connectivity index (χ4v) is 1.08. The zero-order chi connectivity index (χ0) is 12.0. The molecule has 0 saturated heterocycles. The van der Waals surface area contributed by atoms with Gasteiger partial charge in [-0.3, -0.25) is 0 Å². The van der Waals surface area contributed by atoms with E-state index < -0.39 is 12.8 Å². The highest BCUT2D eigenvalue weighted by Crippen LogP contribution is 2.14. The molecule has 0 aliphatic carbocycles. The van der Waals surface area contributed by atoms with E-state index in [1.807, 2.05) is 0 Å². The average molecular weight is 259 g/mol. The smallest absolute Gasteiger partial charge is 0.411 e. The maximum atomic E-state index is 11.7. The molecule has 1 rings (SSSR count). The van der Waals surface area contributed by atoms with Crippen LogP contribution in [0.1, 0.15) is 11.8 Å². The van der Waals surface area contributed by atoms with Crippen molar-refractivity contribution in [1.82, 2.24) is 10.2 Å². The van der Waals surface area contributed by atoms with E-state index in [2.05, 4.69) is 14.9 Å². The van der Waals surface area contributed by atoms with Gasteiger partial charge >= 0.3 is 6.18 Å². The Balaban J connectivity index is 2.21. The summed E-state index contributed by atoms with van der Waals surface area (Å²) in [5.74, 6) is 0.981. The normalized spacial score (nSPS) is 12.0. The fourth-order valence-electron chi connectivity index (χ4n) is 0.919. The minimum absolute atomic E-state index is 0.109. The van der Waals surface area contributed by atoms with E-state index in [1.54, 1.807) is 0 Å². The van der Waals surface area contributed by atoms with Crippen molar-refractivity contribution in [3.05, 3.63) is 11.8 Å². The molecule has 0 unspecified atom stereocenters. The lowest BCUT2D eigenvalue weighted by Crippen LogP contribution is -2.18. The lowest BCUT2D eigenvalue weighted by molar-refractivity contribution is -0.173. The molecule has 1 aromatic rings. The second kappa shape index (κ2) is 6.05. The molecule has 0 bridgehead atoms. The van der Waals surface area contributed by atoms with E-state index in [-0.39, 0.29) is 18.9 Å². The van der Waals surface area contributed by atoms with Crippen LogP contribution in [0.4, 0.5) is 13.2 Å². The van der Waals surface area contributed by atoms with E-state index in [4.69, 9.17) is 16.0 Å². The SMILES string of the molecule is FC(F)(F)COCCc1nnc(CCCl)o1. The number of alkyl halides is 4. The largest absolute Gasteiger partial charge is 0.425 e. The molecule has 8 heteroatoms. The minimum Gasteiger partial charge on any atom is -0.425 e. The van der Waals surface area contributed by atoms with Crippen LogP contribution in [0.2, 0.25) is 0 Å². The van der Waals surface area contributed by atoms with Gasteiger partial charge in [-0.2, -0.15) is 13.2 Å². The molecule has 0 aliphatic rings. The Kier molecular flexibility index (Phi) is 5.01. The second-order valence-corrected chi connectivity index (χ2v) is 3.32. The summed E-state index contributed by atoms with van der Waals surface area (Å²) in [6.07, 6.45) is -3.71. The van der Waals surface area contributed by atoms with Gasteiger partial charge in [0, 0.05) is 18.7 Å². The summed E-state index contributed by atoms with van der Waals surface area (Å²) < 4.78 is 44.6. The quantitative estimate of drug-likeness (QED) is 0.578. The molecule has 0 saturated carbocycles. The first-order valence-electron chi connectivity index (χ1n) is 4.53. The number of halogens is 4. The molecule has 1 heterocycles. The summed E-state index contributed by atoms with van der Waals surface area (Å²) in [5, 5.41) is 7.29. The zero-order valence-electron chi connectivity index (χ0n) is 8.26. The Morgan fingerprint density at radius 3 is 2.38 bits per heavy atom. The van der Waals surface area contributed by atoms with Gasteiger partial charge in [0.2, 0.25) is 11.8 Å². The van der Waals surface area contributed by atoms with Crippen molar-refractivity contribution < 1.29 is 22.3 Å². The maximum absolute atomic E-state index is 11.7. The average Bonchev–Trinajstić information content (AvgIpc) is 2.60. The first-order chi connectivity index (χ1) is 7.51. The van der Waals surface area contributed by atoms with E-state index in [1.165, 1.54) is 0 Å². The van der Waals surface area contributed by atoms with Gasteiger partial charge in [-0.15, -0.1) is 21.8 Å². The molecule has 0 aliphatic heterocycles. The van der Waals surface area contributed by atoms with Crippen LogP contribution in [0.15, 0.2) is 4.42 Å². The molecule has 0 amide bonds. The van der Waals surface area contributed by atoms with Crippen molar-refractivity contribution in [1.29, 1.82) is 0 Å². The van der Waals surface area contributed by atoms with Gasteiger partial charge in [0.15, 0.2) is 0 Å². The highest BCUT2D eigenvalue weighted by Gasteiger charge is 2.27. The van der Waals surface area contributed by atoms with Gasteiger partial charge in [-0.25, -0.2) is 0 Å². The summed E-state index contributed by atoms with van der Waals surface area (Å²) in [6, 6.07) is 0. The number of rotatable bonds is 6. The Morgan fingerprint density at radius 2 is 1.81 bits per heavy atom. The van der Waals surface area contributed by atoms with E-state index in [9.17, 15) is 13.2 Å².